The van der Waals surface area contributed by atoms with E-state index in [1.165, 1.54) is 0 Å². The zero-order valence-electron chi connectivity index (χ0n) is 10.9. The number of alkyl halides is 1. The molecule has 104 valence electrons. The number of benzene rings is 1. The summed E-state index contributed by atoms with van der Waals surface area (Å²) in [4.78, 5) is 13.7. The van der Waals surface area contributed by atoms with Crippen molar-refractivity contribution in [1.29, 1.82) is 0 Å². The highest BCUT2D eigenvalue weighted by Gasteiger charge is 2.35. The molecule has 1 saturated heterocycles. The number of hydrogen-bond donors (Lipinski definition) is 0. The molecular formula is C14H18ClNO3. The van der Waals surface area contributed by atoms with Crippen LogP contribution in [0, 0.1) is 0 Å². The maximum absolute atomic E-state index is 12.0. The highest BCUT2D eigenvalue weighted by atomic mass is 35.5. The average Bonchev–Trinajstić information content (AvgIpc) is 2.89. The van der Waals surface area contributed by atoms with Crippen LogP contribution in [0.25, 0.3) is 0 Å². The minimum Gasteiger partial charge on any atom is -0.445 e. The monoisotopic (exact) mass is 283 g/mol. The van der Waals surface area contributed by atoms with E-state index in [0.717, 1.165) is 12.0 Å². The number of carbonyl (C=O) groups is 1. The van der Waals surface area contributed by atoms with Crippen molar-refractivity contribution in [3.05, 3.63) is 35.9 Å². The van der Waals surface area contributed by atoms with E-state index in [1.807, 2.05) is 30.3 Å². The predicted molar refractivity (Wildman–Crippen MR) is 73.3 cm³/mol. The summed E-state index contributed by atoms with van der Waals surface area (Å²) < 4.78 is 10.6. The maximum atomic E-state index is 12.0. The van der Waals surface area contributed by atoms with Crippen LogP contribution >= 0.6 is 11.6 Å². The van der Waals surface area contributed by atoms with Crippen LogP contribution in [-0.2, 0) is 16.1 Å². The number of rotatable bonds is 4. The van der Waals surface area contributed by atoms with E-state index in [2.05, 4.69) is 0 Å². The lowest BCUT2D eigenvalue weighted by Gasteiger charge is -2.21. The first-order valence-electron chi connectivity index (χ1n) is 6.30. The molecule has 0 aromatic heterocycles. The Balaban J connectivity index is 1.89. The van der Waals surface area contributed by atoms with E-state index >= 15 is 0 Å². The first-order chi connectivity index (χ1) is 9.24. The molecule has 0 bridgehead atoms. The van der Waals surface area contributed by atoms with E-state index in [4.69, 9.17) is 21.1 Å². The molecular weight excluding hydrogens is 266 g/mol. The predicted octanol–water partition coefficient (Wildman–Crippen LogP) is 2.65. The number of hydrogen-bond acceptors (Lipinski definition) is 3. The summed E-state index contributed by atoms with van der Waals surface area (Å²) in [5, 5.41) is 0. The highest BCUT2D eigenvalue weighted by Crippen LogP contribution is 2.22. The molecule has 1 aromatic rings. The third-order valence-corrected chi connectivity index (χ3v) is 3.68. The molecule has 0 spiro atoms. The van der Waals surface area contributed by atoms with Crippen LogP contribution in [-0.4, -0.2) is 42.7 Å². The van der Waals surface area contributed by atoms with Gasteiger partial charge in [0.15, 0.2) is 0 Å². The van der Waals surface area contributed by atoms with Gasteiger partial charge in [-0.2, -0.15) is 0 Å². The largest absolute Gasteiger partial charge is 0.445 e. The van der Waals surface area contributed by atoms with Gasteiger partial charge in [0.05, 0.1) is 18.7 Å². The molecule has 1 aliphatic heterocycles. The summed E-state index contributed by atoms with van der Waals surface area (Å²) in [6, 6.07) is 9.61. The van der Waals surface area contributed by atoms with E-state index in [0.29, 0.717) is 12.4 Å². The van der Waals surface area contributed by atoms with Gasteiger partial charge in [0, 0.05) is 13.0 Å². The second kappa shape index (κ2) is 6.78. The smallest absolute Gasteiger partial charge is 0.410 e. The Labute approximate surface area is 118 Å². The molecule has 1 amide bonds. The maximum Gasteiger partial charge on any atom is 0.410 e. The summed E-state index contributed by atoms with van der Waals surface area (Å²) in [6.07, 6.45) is 0.488. The molecule has 0 N–H and O–H groups in total. The van der Waals surface area contributed by atoms with Crippen molar-refractivity contribution in [2.24, 2.45) is 0 Å². The lowest BCUT2D eigenvalue weighted by Crippen LogP contribution is -2.37. The molecule has 4 nitrogen and oxygen atoms in total. The quantitative estimate of drug-likeness (QED) is 0.798. The van der Waals surface area contributed by atoms with Gasteiger partial charge in [-0.1, -0.05) is 30.3 Å². The third-order valence-electron chi connectivity index (χ3n) is 3.33. The summed E-state index contributed by atoms with van der Waals surface area (Å²) in [6.45, 7) is 0.824. The Morgan fingerprint density at radius 2 is 2.16 bits per heavy atom. The topological polar surface area (TPSA) is 38.8 Å². The lowest BCUT2D eigenvalue weighted by molar-refractivity contribution is 0.0812. The molecule has 2 rings (SSSR count). The van der Waals surface area contributed by atoms with Gasteiger partial charge in [-0.05, 0) is 12.0 Å². The molecule has 1 heterocycles. The zero-order chi connectivity index (χ0) is 13.7. The molecule has 0 unspecified atom stereocenters. The van der Waals surface area contributed by atoms with Gasteiger partial charge < -0.3 is 14.4 Å². The summed E-state index contributed by atoms with van der Waals surface area (Å²) in [7, 11) is 1.65. The van der Waals surface area contributed by atoms with Crippen LogP contribution in [0.4, 0.5) is 4.79 Å². The fraction of sp³-hybridized carbons (Fsp3) is 0.500. The Morgan fingerprint density at radius 3 is 2.79 bits per heavy atom. The number of halogens is 1. The van der Waals surface area contributed by atoms with Crippen LogP contribution in [0.5, 0.6) is 0 Å². The van der Waals surface area contributed by atoms with Crippen molar-refractivity contribution >= 4 is 17.7 Å². The Hall–Kier alpha value is -1.26. The SMILES string of the molecule is CO[C@@H]1C[C@@H](CCl)N(C(=O)OCc2ccccc2)C1. The molecule has 1 aliphatic rings. The van der Waals surface area contributed by atoms with Crippen molar-refractivity contribution in [3.8, 4) is 0 Å². The van der Waals surface area contributed by atoms with E-state index < -0.39 is 0 Å². The first-order valence-corrected chi connectivity index (χ1v) is 6.84. The van der Waals surface area contributed by atoms with Gasteiger partial charge in [0.1, 0.15) is 6.61 Å². The average molecular weight is 284 g/mol. The minimum atomic E-state index is -0.325. The Morgan fingerprint density at radius 1 is 1.42 bits per heavy atom. The number of nitrogens with zero attached hydrogens (tertiary/aromatic N) is 1. The van der Waals surface area contributed by atoms with Crippen molar-refractivity contribution in [1.82, 2.24) is 4.90 Å². The summed E-state index contributed by atoms with van der Waals surface area (Å²) >= 11 is 5.88. The van der Waals surface area contributed by atoms with Gasteiger partial charge in [0.2, 0.25) is 0 Å². The minimum absolute atomic E-state index is 0.00473. The number of methoxy groups -OCH3 is 1. The number of carbonyl (C=O) groups excluding carboxylic acids is 1. The Kier molecular flexibility index (Phi) is 5.05. The van der Waals surface area contributed by atoms with E-state index in [1.54, 1.807) is 12.0 Å². The van der Waals surface area contributed by atoms with Crippen LogP contribution in [0.15, 0.2) is 30.3 Å². The zero-order valence-corrected chi connectivity index (χ0v) is 11.7. The van der Waals surface area contributed by atoms with Gasteiger partial charge in [0.25, 0.3) is 0 Å². The van der Waals surface area contributed by atoms with E-state index in [-0.39, 0.29) is 24.8 Å². The number of ether oxygens (including phenoxy) is 2. The van der Waals surface area contributed by atoms with Gasteiger partial charge in [-0.3, -0.25) is 0 Å². The fourth-order valence-corrected chi connectivity index (χ4v) is 2.51. The van der Waals surface area contributed by atoms with Gasteiger partial charge >= 0.3 is 6.09 Å². The lowest BCUT2D eigenvalue weighted by atomic mass is 10.2. The number of amides is 1. The second-order valence-electron chi connectivity index (χ2n) is 4.59. The van der Waals surface area contributed by atoms with Crippen LogP contribution in [0.2, 0.25) is 0 Å². The first kappa shape index (κ1) is 14.2. The molecule has 5 heteroatoms. The number of likely N-dealkylation sites (tertiary alicyclic amines) is 1. The molecule has 19 heavy (non-hydrogen) atoms. The molecule has 1 fully saturated rings. The summed E-state index contributed by atoms with van der Waals surface area (Å²) in [5.74, 6) is 0.403. The van der Waals surface area contributed by atoms with E-state index in [9.17, 15) is 4.79 Å². The fourth-order valence-electron chi connectivity index (χ4n) is 2.22. The second-order valence-corrected chi connectivity index (χ2v) is 4.90. The third kappa shape index (κ3) is 3.61. The molecule has 0 radical (unpaired) electrons. The molecule has 1 aromatic carbocycles. The van der Waals surface area contributed by atoms with Crippen LogP contribution < -0.4 is 0 Å². The molecule has 2 atom stereocenters. The van der Waals surface area contributed by atoms with Crippen molar-refractivity contribution in [2.75, 3.05) is 19.5 Å². The van der Waals surface area contributed by atoms with Gasteiger partial charge in [-0.25, -0.2) is 4.79 Å². The van der Waals surface area contributed by atoms with Crippen molar-refractivity contribution in [2.45, 2.75) is 25.2 Å². The van der Waals surface area contributed by atoms with Gasteiger partial charge in [-0.15, -0.1) is 11.6 Å². The molecule has 0 saturated carbocycles. The summed E-state index contributed by atoms with van der Waals surface area (Å²) in [5.41, 5.74) is 0.973. The van der Waals surface area contributed by atoms with Crippen molar-refractivity contribution in [3.63, 3.8) is 0 Å². The molecule has 0 aliphatic carbocycles. The highest BCUT2D eigenvalue weighted by molar-refractivity contribution is 6.18. The Bertz CT molecular complexity index is 412. The van der Waals surface area contributed by atoms with Crippen LogP contribution in [0.1, 0.15) is 12.0 Å². The van der Waals surface area contributed by atoms with Crippen LogP contribution in [0.3, 0.4) is 0 Å². The standard InChI is InChI=1S/C14H18ClNO3/c1-18-13-7-12(8-15)16(9-13)14(17)19-10-11-5-3-2-4-6-11/h2-6,12-13H,7-10H2,1H3/t12-,13+/m0/s1. The normalized spacial score (nSPS) is 22.5. The van der Waals surface area contributed by atoms with Crippen molar-refractivity contribution < 1.29 is 14.3 Å².